The number of piperidine rings is 1. The fraction of sp³-hybridized carbons (Fsp3) is 0.615. The van der Waals surface area contributed by atoms with Gasteiger partial charge in [-0.1, -0.05) is 50.1 Å². The first-order valence-corrected chi connectivity index (χ1v) is 18.1. The summed E-state index contributed by atoms with van der Waals surface area (Å²) in [6.07, 6.45) is 10.5. The van der Waals surface area contributed by atoms with Gasteiger partial charge in [0.2, 0.25) is 5.78 Å². The third-order valence-electron chi connectivity index (χ3n) is 14.3. The van der Waals surface area contributed by atoms with Gasteiger partial charge >= 0.3 is 6.18 Å². The van der Waals surface area contributed by atoms with Crippen molar-refractivity contribution in [2.75, 3.05) is 19.6 Å². The van der Waals surface area contributed by atoms with Gasteiger partial charge in [-0.05, 0) is 118 Å². The molecule has 7 aliphatic rings. The average Bonchev–Trinajstić information content (AvgIpc) is 3.63. The van der Waals surface area contributed by atoms with Crippen molar-refractivity contribution in [1.82, 2.24) is 4.90 Å². The normalized spacial score (nSPS) is 40.7. The summed E-state index contributed by atoms with van der Waals surface area (Å²) in [6, 6.07) is 6.15. The molecule has 6 aliphatic carbocycles. The highest BCUT2D eigenvalue weighted by molar-refractivity contribution is 6.33. The summed E-state index contributed by atoms with van der Waals surface area (Å²) in [5.41, 5.74) is -2.74. The highest BCUT2D eigenvalue weighted by Crippen LogP contribution is 2.78. The number of nitrogens with zero attached hydrogens (tertiary/aromatic N) is 1. The van der Waals surface area contributed by atoms with Crippen LogP contribution in [0.15, 0.2) is 58.6 Å². The van der Waals surface area contributed by atoms with Crippen LogP contribution >= 0.6 is 11.6 Å². The first-order chi connectivity index (χ1) is 22.7. The van der Waals surface area contributed by atoms with Gasteiger partial charge in [-0.15, -0.1) is 0 Å². The zero-order chi connectivity index (χ0) is 33.9. The predicted octanol–water partition coefficient (Wildman–Crippen LogP) is 8.88. The number of aliphatic hydroxyl groups is 2. The smallest absolute Gasteiger partial charge is 0.416 e. The average molecular weight is 684 g/mol. The molecule has 258 valence electrons. The number of hydrogen-bond acceptors (Lipinski definition) is 5. The minimum absolute atomic E-state index is 0.0132. The number of aliphatic hydroxyl groups excluding tert-OH is 1. The number of likely N-dealkylation sites (tertiary alicyclic amines) is 1. The topological polar surface area (TPSA) is 73.9 Å². The Morgan fingerprint density at radius 2 is 1.69 bits per heavy atom. The molecule has 5 nitrogen and oxygen atoms in total. The molecule has 1 aromatic heterocycles. The number of benzene rings is 1. The number of ketones is 1. The van der Waals surface area contributed by atoms with Gasteiger partial charge in [-0.25, -0.2) is 0 Å². The van der Waals surface area contributed by atoms with E-state index in [0.717, 1.165) is 70.2 Å². The van der Waals surface area contributed by atoms with Crippen molar-refractivity contribution >= 4 is 17.4 Å². The molecule has 2 bridgehead atoms. The highest BCUT2D eigenvalue weighted by Gasteiger charge is 2.74. The molecule has 8 unspecified atom stereocenters. The Morgan fingerprint density at radius 1 is 0.979 bits per heavy atom. The number of hydrogen-bond donors (Lipinski definition) is 2. The quantitative estimate of drug-likeness (QED) is 0.243. The third kappa shape index (κ3) is 4.44. The van der Waals surface area contributed by atoms with E-state index < -0.39 is 39.7 Å². The summed E-state index contributed by atoms with van der Waals surface area (Å²) in [5, 5.41) is 23.7. The second-order valence-corrected chi connectivity index (χ2v) is 16.7. The number of Topliss-reactive ketones (excluding diaryl/α,β-unsaturated/α-hetero) is 1. The molecule has 8 atom stereocenters. The maximum Gasteiger partial charge on any atom is 0.416 e. The summed E-state index contributed by atoms with van der Waals surface area (Å²) < 4.78 is 46.8. The van der Waals surface area contributed by atoms with Crippen LogP contribution in [0.1, 0.15) is 94.2 Å². The van der Waals surface area contributed by atoms with Gasteiger partial charge in [0.15, 0.2) is 5.76 Å². The number of alkyl halides is 3. The lowest BCUT2D eigenvalue weighted by Crippen LogP contribution is -2.67. The number of carbonyl (C=O) groups is 1. The summed E-state index contributed by atoms with van der Waals surface area (Å²) in [5.74, 6) is 0.0218. The predicted molar refractivity (Wildman–Crippen MR) is 177 cm³/mol. The molecule has 2 heterocycles. The Morgan fingerprint density at radius 3 is 2.44 bits per heavy atom. The molecule has 0 amide bonds. The maximum absolute atomic E-state index is 14.9. The van der Waals surface area contributed by atoms with Crippen LogP contribution in [0.4, 0.5) is 13.2 Å². The molecule has 4 fully saturated rings. The van der Waals surface area contributed by atoms with Crippen LogP contribution in [0.25, 0.3) is 11.3 Å². The molecule has 1 aromatic carbocycles. The van der Waals surface area contributed by atoms with E-state index in [4.69, 9.17) is 16.0 Å². The second kappa shape index (κ2) is 10.8. The van der Waals surface area contributed by atoms with Crippen molar-refractivity contribution in [3.8, 4) is 11.3 Å². The Bertz CT molecular complexity index is 1710. The van der Waals surface area contributed by atoms with Crippen molar-refractivity contribution in [3.63, 3.8) is 0 Å². The Kier molecular flexibility index (Phi) is 7.38. The van der Waals surface area contributed by atoms with Crippen molar-refractivity contribution in [2.45, 2.75) is 95.9 Å². The van der Waals surface area contributed by atoms with Crippen LogP contribution in [0, 0.1) is 33.5 Å². The van der Waals surface area contributed by atoms with E-state index in [2.05, 4.69) is 37.0 Å². The molecule has 9 heteroatoms. The fourth-order valence-corrected chi connectivity index (χ4v) is 11.9. The lowest BCUT2D eigenvalue weighted by atomic mass is 9.32. The van der Waals surface area contributed by atoms with Crippen LogP contribution in [0.2, 0.25) is 5.02 Å². The number of halogens is 4. The number of β-amino-alcohol motifs (C(OH)–C–C–N with tert-alkyl or cyclic N) is 1. The van der Waals surface area contributed by atoms with E-state index in [-0.39, 0.29) is 45.1 Å². The molecule has 3 saturated carbocycles. The summed E-state index contributed by atoms with van der Waals surface area (Å²) in [4.78, 5) is 17.3. The van der Waals surface area contributed by atoms with Crippen LogP contribution < -0.4 is 0 Å². The van der Waals surface area contributed by atoms with Gasteiger partial charge in [-0.2, -0.15) is 13.2 Å². The number of furan rings is 1. The van der Waals surface area contributed by atoms with Gasteiger partial charge in [0.1, 0.15) is 5.76 Å². The molecule has 48 heavy (non-hydrogen) atoms. The van der Waals surface area contributed by atoms with Gasteiger partial charge in [0, 0.05) is 33.9 Å². The zero-order valence-electron chi connectivity index (χ0n) is 27.7. The van der Waals surface area contributed by atoms with E-state index >= 15 is 0 Å². The van der Waals surface area contributed by atoms with Crippen molar-refractivity contribution in [1.29, 1.82) is 0 Å². The molecule has 2 spiro atoms. The Balaban J connectivity index is 1.22. The van der Waals surface area contributed by atoms with E-state index in [1.54, 1.807) is 6.07 Å². The first-order valence-electron chi connectivity index (χ1n) is 17.7. The number of carbonyl (C=O) groups excluding carboxylic acids is 1. The van der Waals surface area contributed by atoms with Crippen molar-refractivity contribution in [2.24, 2.45) is 33.5 Å². The zero-order valence-corrected chi connectivity index (χ0v) is 28.5. The van der Waals surface area contributed by atoms with Crippen LogP contribution in [0.5, 0.6) is 0 Å². The molecular formula is C39H45ClF3NO4. The van der Waals surface area contributed by atoms with Gasteiger partial charge < -0.3 is 19.5 Å². The standard InChI is InChI=1S/C39H45ClF3NO4/c1-34-13-10-25(45)21-36(34)16-17-38(31(34)11-14-35(2)32(38)12-15-37(35,47)23-44-18-4-3-5-19-44)27(22-36)33(46)30-9-8-29(48-30)26-20-24(39(41,42)43)6-7-28(26)40/h6-9,16-17,20,22,25,31-32,45,47H,3-5,10-15,18-19,21,23H2,1-2H3. The molecule has 2 N–H and O–H groups in total. The van der Waals surface area contributed by atoms with Crippen LogP contribution in [-0.4, -0.2) is 52.2 Å². The maximum atomic E-state index is 14.9. The Hall–Kier alpha value is -2.39. The lowest BCUT2D eigenvalue weighted by molar-refractivity contribution is -0.176. The van der Waals surface area contributed by atoms with Gasteiger partial charge in [-0.3, -0.25) is 4.79 Å². The van der Waals surface area contributed by atoms with Crippen molar-refractivity contribution < 1.29 is 32.6 Å². The first kappa shape index (κ1) is 32.8. The van der Waals surface area contributed by atoms with E-state index in [1.807, 2.05) is 0 Å². The molecule has 1 aliphatic heterocycles. The fourth-order valence-electron chi connectivity index (χ4n) is 11.7. The molecular weight excluding hydrogens is 639 g/mol. The summed E-state index contributed by atoms with van der Waals surface area (Å²) >= 11 is 6.35. The van der Waals surface area contributed by atoms with Crippen molar-refractivity contribution in [3.05, 3.63) is 70.5 Å². The third-order valence-corrected chi connectivity index (χ3v) is 14.6. The largest absolute Gasteiger partial charge is 0.453 e. The lowest BCUT2D eigenvalue weighted by Gasteiger charge is -2.71. The molecule has 0 radical (unpaired) electrons. The number of rotatable bonds is 5. The van der Waals surface area contributed by atoms with Gasteiger partial charge in [0.05, 0.1) is 22.3 Å². The molecule has 2 aromatic rings. The van der Waals surface area contributed by atoms with E-state index in [0.29, 0.717) is 25.0 Å². The highest BCUT2D eigenvalue weighted by atomic mass is 35.5. The summed E-state index contributed by atoms with van der Waals surface area (Å²) in [7, 11) is 0. The van der Waals surface area contributed by atoms with Gasteiger partial charge in [0.25, 0.3) is 0 Å². The molecule has 1 saturated heterocycles. The monoisotopic (exact) mass is 683 g/mol. The van der Waals surface area contributed by atoms with E-state index in [9.17, 15) is 28.2 Å². The Labute approximate surface area is 285 Å². The number of allylic oxidation sites excluding steroid dienone is 4. The minimum atomic E-state index is -4.56. The summed E-state index contributed by atoms with van der Waals surface area (Å²) in [6.45, 7) is 7.24. The second-order valence-electron chi connectivity index (χ2n) is 16.3. The molecule has 9 rings (SSSR count). The van der Waals surface area contributed by atoms with E-state index in [1.165, 1.54) is 18.6 Å². The number of fused-ring (bicyclic) bond motifs is 1. The minimum Gasteiger partial charge on any atom is -0.453 e. The van der Waals surface area contributed by atoms with Crippen LogP contribution in [-0.2, 0) is 6.18 Å². The van der Waals surface area contributed by atoms with Crippen LogP contribution in [0.3, 0.4) is 0 Å². The SMILES string of the molecule is CC12CCC(O)CC13C=CC1(C(C(=O)c4ccc(-c5cc(C(F)(F)F)ccc5Cl)o4)=C3)C2CCC2(C)C1CCC2(O)CN1CCCCC1.